The number of rotatable bonds is 7. The summed E-state index contributed by atoms with van der Waals surface area (Å²) >= 11 is 2.79. The zero-order chi connectivity index (χ0) is 21.1. The van der Waals surface area contributed by atoms with Crippen LogP contribution < -0.4 is 5.32 Å². The quantitative estimate of drug-likeness (QED) is 0.345. The van der Waals surface area contributed by atoms with Gasteiger partial charge in [-0.3, -0.25) is 24.6 Å². The Morgan fingerprint density at radius 3 is 2.30 bits per heavy atom. The molecular formula is C21H18N4O3S2. The Hall–Kier alpha value is -3.04. The first-order chi connectivity index (χ1) is 14.6. The van der Waals surface area contributed by atoms with Gasteiger partial charge in [-0.2, -0.15) is 0 Å². The van der Waals surface area contributed by atoms with E-state index in [4.69, 9.17) is 0 Å². The Morgan fingerprint density at radius 2 is 1.67 bits per heavy atom. The van der Waals surface area contributed by atoms with Crippen molar-refractivity contribution in [3.05, 3.63) is 71.3 Å². The minimum absolute atomic E-state index is 0.202. The summed E-state index contributed by atoms with van der Waals surface area (Å²) in [5, 5.41) is 11.1. The Labute approximate surface area is 181 Å². The first-order valence-corrected chi connectivity index (χ1v) is 11.2. The van der Waals surface area contributed by atoms with E-state index in [0.717, 1.165) is 20.6 Å². The number of nitrogens with one attached hydrogen (secondary N) is 1. The standard InChI is InChI=1S/C21H18N4O3S2/c1-2-29-21-24-23-20(30-21)22-17(26)16(12-13-8-4-3-5-9-13)25-18(27)14-10-6-7-11-15(14)19(25)28/h3-11,16H,2,12H2,1H3,(H,22,23,26). The number of carbonyl (C=O) groups excluding carboxylic acids is 3. The van der Waals surface area contributed by atoms with Gasteiger partial charge in [0, 0.05) is 6.42 Å². The Balaban J connectivity index is 1.63. The van der Waals surface area contributed by atoms with Gasteiger partial charge >= 0.3 is 0 Å². The lowest BCUT2D eigenvalue weighted by molar-refractivity contribution is -0.119. The van der Waals surface area contributed by atoms with Gasteiger partial charge < -0.3 is 0 Å². The molecule has 1 unspecified atom stereocenters. The molecule has 152 valence electrons. The average Bonchev–Trinajstić information content (AvgIpc) is 3.30. The summed E-state index contributed by atoms with van der Waals surface area (Å²) < 4.78 is 0.744. The maximum Gasteiger partial charge on any atom is 0.262 e. The number of hydrogen-bond donors (Lipinski definition) is 1. The van der Waals surface area contributed by atoms with Crippen molar-refractivity contribution in [3.63, 3.8) is 0 Å². The number of imide groups is 1. The highest BCUT2D eigenvalue weighted by atomic mass is 32.2. The van der Waals surface area contributed by atoms with E-state index in [1.165, 1.54) is 23.1 Å². The van der Waals surface area contributed by atoms with Gasteiger partial charge in [0.05, 0.1) is 11.1 Å². The number of fused-ring (bicyclic) bond motifs is 1. The fourth-order valence-corrected chi connectivity index (χ4v) is 4.91. The minimum Gasteiger partial charge on any atom is -0.299 e. The maximum atomic E-state index is 13.2. The smallest absolute Gasteiger partial charge is 0.262 e. The highest BCUT2D eigenvalue weighted by Crippen LogP contribution is 2.28. The number of amides is 3. The van der Waals surface area contributed by atoms with E-state index in [0.29, 0.717) is 16.3 Å². The number of nitrogens with zero attached hydrogens (tertiary/aromatic N) is 3. The molecule has 0 radical (unpaired) electrons. The van der Waals surface area contributed by atoms with Crippen molar-refractivity contribution in [1.29, 1.82) is 0 Å². The predicted octanol–water partition coefficient (Wildman–Crippen LogP) is 3.50. The molecule has 0 spiro atoms. The SMILES string of the molecule is CCSc1nnc(NC(=O)C(Cc2ccccc2)N2C(=O)c3ccccc3C2=O)s1. The van der Waals surface area contributed by atoms with Crippen LogP contribution in [0.4, 0.5) is 5.13 Å². The van der Waals surface area contributed by atoms with Gasteiger partial charge in [-0.05, 0) is 23.4 Å². The van der Waals surface area contributed by atoms with Gasteiger partial charge in [0.1, 0.15) is 6.04 Å². The van der Waals surface area contributed by atoms with Crippen molar-refractivity contribution in [1.82, 2.24) is 15.1 Å². The Morgan fingerprint density at radius 1 is 1.03 bits per heavy atom. The summed E-state index contributed by atoms with van der Waals surface area (Å²) in [6.07, 6.45) is 0.202. The number of benzene rings is 2. The molecule has 0 saturated heterocycles. The summed E-state index contributed by atoms with van der Waals surface area (Å²) in [4.78, 5) is 40.2. The van der Waals surface area contributed by atoms with Crippen LogP contribution in [0.1, 0.15) is 33.2 Å². The lowest BCUT2D eigenvalue weighted by Crippen LogP contribution is -2.48. The van der Waals surface area contributed by atoms with Crippen LogP contribution in [0.15, 0.2) is 58.9 Å². The molecule has 7 nitrogen and oxygen atoms in total. The molecular weight excluding hydrogens is 420 g/mol. The monoisotopic (exact) mass is 438 g/mol. The van der Waals surface area contributed by atoms with Crippen LogP contribution in [0, 0.1) is 0 Å². The normalized spacial score (nSPS) is 14.0. The maximum absolute atomic E-state index is 13.2. The molecule has 1 aliphatic rings. The molecule has 1 N–H and O–H groups in total. The van der Waals surface area contributed by atoms with Crippen molar-refractivity contribution >= 4 is 46.0 Å². The molecule has 1 aromatic heterocycles. The van der Waals surface area contributed by atoms with Gasteiger partial charge in [-0.15, -0.1) is 10.2 Å². The lowest BCUT2D eigenvalue weighted by Gasteiger charge is -2.25. The van der Waals surface area contributed by atoms with Crippen LogP contribution >= 0.6 is 23.1 Å². The highest BCUT2D eigenvalue weighted by Gasteiger charge is 2.42. The molecule has 0 aliphatic carbocycles. The van der Waals surface area contributed by atoms with Crippen LogP contribution in [-0.4, -0.2) is 44.6 Å². The summed E-state index contributed by atoms with van der Waals surface area (Å²) in [7, 11) is 0. The first kappa shape index (κ1) is 20.2. The van der Waals surface area contributed by atoms with Gasteiger partial charge in [0.25, 0.3) is 11.8 Å². The van der Waals surface area contributed by atoms with Gasteiger partial charge in [0.2, 0.25) is 11.0 Å². The number of anilines is 1. The molecule has 1 aliphatic heterocycles. The number of thioether (sulfide) groups is 1. The van der Waals surface area contributed by atoms with Crippen LogP contribution in [0.2, 0.25) is 0 Å². The van der Waals surface area contributed by atoms with E-state index < -0.39 is 23.8 Å². The van der Waals surface area contributed by atoms with E-state index >= 15 is 0 Å². The second kappa shape index (κ2) is 8.76. The van der Waals surface area contributed by atoms with E-state index in [9.17, 15) is 14.4 Å². The number of hydrogen-bond acceptors (Lipinski definition) is 7. The summed E-state index contributed by atoms with van der Waals surface area (Å²) in [6.45, 7) is 2.00. The molecule has 30 heavy (non-hydrogen) atoms. The molecule has 2 heterocycles. The minimum atomic E-state index is -1.01. The van der Waals surface area contributed by atoms with E-state index in [-0.39, 0.29) is 6.42 Å². The van der Waals surface area contributed by atoms with Crippen molar-refractivity contribution < 1.29 is 14.4 Å². The Kier molecular flexibility index (Phi) is 5.91. The van der Waals surface area contributed by atoms with Gasteiger partial charge in [-0.25, -0.2) is 0 Å². The molecule has 0 saturated carbocycles. The second-order valence-electron chi connectivity index (χ2n) is 6.53. The van der Waals surface area contributed by atoms with Gasteiger partial charge in [0.15, 0.2) is 4.34 Å². The highest BCUT2D eigenvalue weighted by molar-refractivity contribution is 8.01. The van der Waals surface area contributed by atoms with Crippen molar-refractivity contribution in [3.8, 4) is 0 Å². The third kappa shape index (κ3) is 3.99. The second-order valence-corrected chi connectivity index (χ2v) is 9.02. The summed E-state index contributed by atoms with van der Waals surface area (Å²) in [5.41, 5.74) is 1.46. The molecule has 0 bridgehead atoms. The third-order valence-electron chi connectivity index (χ3n) is 4.62. The molecule has 3 aromatic rings. The molecule has 9 heteroatoms. The predicted molar refractivity (Wildman–Crippen MR) is 116 cm³/mol. The molecule has 0 fully saturated rings. The zero-order valence-corrected chi connectivity index (χ0v) is 17.7. The summed E-state index contributed by atoms with van der Waals surface area (Å²) in [5.74, 6) is -0.566. The first-order valence-electron chi connectivity index (χ1n) is 9.36. The van der Waals surface area contributed by atoms with Crippen LogP contribution in [0.5, 0.6) is 0 Å². The summed E-state index contributed by atoms with van der Waals surface area (Å²) in [6, 6.07) is 14.9. The van der Waals surface area contributed by atoms with Crippen LogP contribution in [0.3, 0.4) is 0 Å². The Bertz CT molecular complexity index is 1070. The lowest BCUT2D eigenvalue weighted by atomic mass is 10.0. The fraction of sp³-hybridized carbons (Fsp3) is 0.190. The number of aromatic nitrogens is 2. The van der Waals surface area contributed by atoms with Crippen molar-refractivity contribution in [2.75, 3.05) is 11.1 Å². The third-order valence-corrected chi connectivity index (χ3v) is 6.47. The van der Waals surface area contributed by atoms with Gasteiger partial charge in [-0.1, -0.05) is 72.5 Å². The molecule has 3 amide bonds. The van der Waals surface area contributed by atoms with Crippen molar-refractivity contribution in [2.45, 2.75) is 23.7 Å². The van der Waals surface area contributed by atoms with Crippen LogP contribution in [0.25, 0.3) is 0 Å². The largest absolute Gasteiger partial charge is 0.299 e. The van der Waals surface area contributed by atoms with E-state index in [2.05, 4.69) is 15.5 Å². The fourth-order valence-electron chi connectivity index (χ4n) is 3.26. The van der Waals surface area contributed by atoms with Crippen LogP contribution in [-0.2, 0) is 11.2 Å². The average molecular weight is 439 g/mol. The topological polar surface area (TPSA) is 92.3 Å². The zero-order valence-electron chi connectivity index (χ0n) is 16.1. The number of carbonyl (C=O) groups is 3. The molecule has 2 aromatic carbocycles. The van der Waals surface area contributed by atoms with Crippen molar-refractivity contribution in [2.24, 2.45) is 0 Å². The molecule has 1 atom stereocenters. The van der Waals surface area contributed by atoms with E-state index in [1.807, 2.05) is 37.3 Å². The molecule has 4 rings (SSSR count). The van der Waals surface area contributed by atoms with E-state index in [1.54, 1.807) is 24.3 Å².